The maximum Gasteiger partial charge on any atom is 0.194 e. The molecular formula is C12H25N3O. The summed E-state index contributed by atoms with van der Waals surface area (Å²) in [7, 11) is 1.71. The summed E-state index contributed by atoms with van der Waals surface area (Å²) in [6.07, 6.45) is 2.61. The molecule has 1 aliphatic heterocycles. The molecule has 0 spiro atoms. The highest BCUT2D eigenvalue weighted by molar-refractivity contribution is 5.80. The molecular weight excluding hydrogens is 202 g/mol. The van der Waals surface area contributed by atoms with E-state index in [0.717, 1.165) is 38.1 Å². The van der Waals surface area contributed by atoms with Crippen LogP contribution in [0.3, 0.4) is 0 Å². The predicted octanol–water partition coefficient (Wildman–Crippen LogP) is 1.33. The first-order chi connectivity index (χ1) is 7.77. The number of aliphatic imine (C=N–C) groups is 1. The summed E-state index contributed by atoms with van der Waals surface area (Å²) in [4.78, 5) is 6.94. The van der Waals surface area contributed by atoms with Crippen molar-refractivity contribution in [1.82, 2.24) is 10.2 Å². The molecule has 0 amide bonds. The number of ether oxygens (including phenoxy) is 1. The standard InChI is InChI=1S/C12H25N3O/c1-4-13-12(14-7-9-16-3)15-8-5-6-11(2)10-15/h11H,4-10H2,1-3H3,(H,13,14). The van der Waals surface area contributed by atoms with Gasteiger partial charge in [-0.25, -0.2) is 0 Å². The van der Waals surface area contributed by atoms with Crippen LogP contribution >= 0.6 is 0 Å². The second-order valence-corrected chi connectivity index (χ2v) is 4.42. The molecule has 0 aliphatic carbocycles. The van der Waals surface area contributed by atoms with Gasteiger partial charge in [-0.3, -0.25) is 4.99 Å². The minimum atomic E-state index is 0.693. The van der Waals surface area contributed by atoms with Gasteiger partial charge in [0.2, 0.25) is 0 Å². The zero-order valence-electron chi connectivity index (χ0n) is 10.8. The van der Waals surface area contributed by atoms with Crippen molar-refractivity contribution in [2.45, 2.75) is 26.7 Å². The van der Waals surface area contributed by atoms with E-state index in [0.29, 0.717) is 6.61 Å². The fourth-order valence-electron chi connectivity index (χ4n) is 2.05. The third kappa shape index (κ3) is 4.39. The van der Waals surface area contributed by atoms with E-state index >= 15 is 0 Å². The SMILES string of the molecule is CCNC(=NCCOC)N1CCCC(C)C1. The lowest BCUT2D eigenvalue weighted by Gasteiger charge is -2.33. The molecule has 1 N–H and O–H groups in total. The van der Waals surface area contributed by atoms with E-state index in [1.165, 1.54) is 12.8 Å². The molecule has 0 saturated carbocycles. The Balaban J connectivity index is 2.50. The highest BCUT2D eigenvalue weighted by Gasteiger charge is 2.18. The van der Waals surface area contributed by atoms with E-state index in [2.05, 4.69) is 29.1 Å². The topological polar surface area (TPSA) is 36.9 Å². The lowest BCUT2D eigenvalue weighted by atomic mass is 10.0. The van der Waals surface area contributed by atoms with Crippen LogP contribution in [0.1, 0.15) is 26.7 Å². The van der Waals surface area contributed by atoms with Gasteiger partial charge in [0, 0.05) is 26.7 Å². The number of likely N-dealkylation sites (tertiary alicyclic amines) is 1. The highest BCUT2D eigenvalue weighted by Crippen LogP contribution is 2.15. The van der Waals surface area contributed by atoms with Gasteiger partial charge in [-0.1, -0.05) is 6.92 Å². The van der Waals surface area contributed by atoms with E-state index in [4.69, 9.17) is 4.74 Å². The quantitative estimate of drug-likeness (QED) is 0.447. The Hall–Kier alpha value is -0.770. The average molecular weight is 227 g/mol. The molecule has 1 saturated heterocycles. The smallest absolute Gasteiger partial charge is 0.194 e. The number of rotatable bonds is 4. The monoisotopic (exact) mass is 227 g/mol. The van der Waals surface area contributed by atoms with Crippen molar-refractivity contribution in [2.75, 3.05) is 39.9 Å². The Morgan fingerprint density at radius 2 is 2.38 bits per heavy atom. The van der Waals surface area contributed by atoms with Crippen LogP contribution < -0.4 is 5.32 Å². The largest absolute Gasteiger partial charge is 0.383 e. The zero-order chi connectivity index (χ0) is 11.8. The summed E-state index contributed by atoms with van der Waals surface area (Å²) in [5.74, 6) is 1.83. The van der Waals surface area contributed by atoms with Crippen LogP contribution in [0.4, 0.5) is 0 Å². The Morgan fingerprint density at radius 3 is 3.00 bits per heavy atom. The van der Waals surface area contributed by atoms with Crippen molar-refractivity contribution in [3.05, 3.63) is 0 Å². The summed E-state index contributed by atoms with van der Waals surface area (Å²) in [5, 5.41) is 3.35. The molecule has 16 heavy (non-hydrogen) atoms. The molecule has 94 valence electrons. The minimum Gasteiger partial charge on any atom is -0.383 e. The van der Waals surface area contributed by atoms with Crippen molar-refractivity contribution >= 4 is 5.96 Å². The third-order valence-corrected chi connectivity index (χ3v) is 2.85. The van der Waals surface area contributed by atoms with Gasteiger partial charge in [0.15, 0.2) is 5.96 Å². The third-order valence-electron chi connectivity index (χ3n) is 2.85. The Morgan fingerprint density at radius 1 is 1.56 bits per heavy atom. The molecule has 0 bridgehead atoms. The fourth-order valence-corrected chi connectivity index (χ4v) is 2.05. The first-order valence-electron chi connectivity index (χ1n) is 6.30. The van der Waals surface area contributed by atoms with Gasteiger partial charge in [0.25, 0.3) is 0 Å². The average Bonchev–Trinajstić information content (AvgIpc) is 2.28. The lowest BCUT2D eigenvalue weighted by molar-refractivity contribution is 0.206. The van der Waals surface area contributed by atoms with E-state index in [-0.39, 0.29) is 0 Å². The van der Waals surface area contributed by atoms with Crippen LogP contribution in [0.5, 0.6) is 0 Å². The van der Waals surface area contributed by atoms with Crippen molar-refractivity contribution < 1.29 is 4.74 Å². The maximum absolute atomic E-state index is 5.03. The summed E-state index contributed by atoms with van der Waals surface area (Å²) >= 11 is 0. The molecule has 1 atom stereocenters. The number of hydrogen-bond donors (Lipinski definition) is 1. The van der Waals surface area contributed by atoms with Crippen LogP contribution in [-0.2, 0) is 4.74 Å². The van der Waals surface area contributed by atoms with Crippen molar-refractivity contribution in [2.24, 2.45) is 10.9 Å². The van der Waals surface area contributed by atoms with Crippen LogP contribution in [-0.4, -0.2) is 50.8 Å². The van der Waals surface area contributed by atoms with Crippen LogP contribution in [0, 0.1) is 5.92 Å². The van der Waals surface area contributed by atoms with Crippen molar-refractivity contribution in [1.29, 1.82) is 0 Å². The van der Waals surface area contributed by atoms with Gasteiger partial charge in [0.1, 0.15) is 0 Å². The molecule has 0 aromatic rings. The molecule has 4 heteroatoms. The number of guanidine groups is 1. The van der Waals surface area contributed by atoms with Gasteiger partial charge in [-0.2, -0.15) is 0 Å². The Bertz CT molecular complexity index is 218. The zero-order valence-corrected chi connectivity index (χ0v) is 10.8. The summed E-state index contributed by atoms with van der Waals surface area (Å²) in [5.41, 5.74) is 0. The minimum absolute atomic E-state index is 0.693. The van der Waals surface area contributed by atoms with E-state index in [1.54, 1.807) is 7.11 Å². The van der Waals surface area contributed by atoms with Crippen molar-refractivity contribution in [3.8, 4) is 0 Å². The molecule has 0 aromatic carbocycles. The number of nitrogens with zero attached hydrogens (tertiary/aromatic N) is 2. The number of methoxy groups -OCH3 is 1. The number of nitrogens with one attached hydrogen (secondary N) is 1. The van der Waals surface area contributed by atoms with Crippen LogP contribution in [0.15, 0.2) is 4.99 Å². The lowest BCUT2D eigenvalue weighted by Crippen LogP contribution is -2.46. The molecule has 1 heterocycles. The summed E-state index contributed by atoms with van der Waals surface area (Å²) < 4.78 is 5.03. The van der Waals surface area contributed by atoms with Gasteiger partial charge < -0.3 is 15.0 Å². The van der Waals surface area contributed by atoms with E-state index in [9.17, 15) is 0 Å². The Kier molecular flexibility index (Phi) is 6.23. The second-order valence-electron chi connectivity index (χ2n) is 4.42. The molecule has 1 unspecified atom stereocenters. The van der Waals surface area contributed by atoms with E-state index in [1.807, 2.05) is 0 Å². The fraction of sp³-hybridized carbons (Fsp3) is 0.917. The molecule has 1 aliphatic rings. The van der Waals surface area contributed by atoms with Gasteiger partial charge in [-0.05, 0) is 25.7 Å². The van der Waals surface area contributed by atoms with Gasteiger partial charge >= 0.3 is 0 Å². The summed E-state index contributed by atoms with van der Waals surface area (Å²) in [6, 6.07) is 0. The Labute approximate surface area is 99.1 Å². The van der Waals surface area contributed by atoms with Gasteiger partial charge in [0.05, 0.1) is 13.2 Å². The second kappa shape index (κ2) is 7.49. The molecule has 0 radical (unpaired) electrons. The first kappa shape index (κ1) is 13.3. The highest BCUT2D eigenvalue weighted by atomic mass is 16.5. The van der Waals surface area contributed by atoms with Crippen LogP contribution in [0.25, 0.3) is 0 Å². The number of hydrogen-bond acceptors (Lipinski definition) is 2. The molecule has 4 nitrogen and oxygen atoms in total. The van der Waals surface area contributed by atoms with E-state index < -0.39 is 0 Å². The van der Waals surface area contributed by atoms with Crippen LogP contribution in [0.2, 0.25) is 0 Å². The maximum atomic E-state index is 5.03. The number of piperidine rings is 1. The normalized spacial score (nSPS) is 22.3. The molecule has 1 fully saturated rings. The van der Waals surface area contributed by atoms with Crippen molar-refractivity contribution in [3.63, 3.8) is 0 Å². The molecule has 0 aromatic heterocycles. The first-order valence-corrected chi connectivity index (χ1v) is 6.30. The van der Waals surface area contributed by atoms with Gasteiger partial charge in [-0.15, -0.1) is 0 Å². The molecule has 1 rings (SSSR count). The predicted molar refractivity (Wildman–Crippen MR) is 67.8 cm³/mol. The summed E-state index contributed by atoms with van der Waals surface area (Å²) in [6.45, 7) is 9.03.